The van der Waals surface area contributed by atoms with Crippen molar-refractivity contribution in [3.8, 4) is 0 Å². The summed E-state index contributed by atoms with van der Waals surface area (Å²) in [6.45, 7) is 2.32. The zero-order chi connectivity index (χ0) is 14.9. The lowest BCUT2D eigenvalue weighted by Gasteiger charge is -2.10. The first-order chi connectivity index (χ1) is 9.26. The summed E-state index contributed by atoms with van der Waals surface area (Å²) in [6, 6.07) is 7.40. The van der Waals surface area contributed by atoms with Crippen LogP contribution in [-0.2, 0) is 13.0 Å². The van der Waals surface area contributed by atoms with E-state index in [2.05, 4.69) is 0 Å². The molecule has 0 amide bonds. The summed E-state index contributed by atoms with van der Waals surface area (Å²) in [7, 11) is 0. The lowest BCUT2D eigenvalue weighted by Crippen LogP contribution is -2.15. The Morgan fingerprint density at radius 3 is 2.60 bits per heavy atom. The summed E-state index contributed by atoms with van der Waals surface area (Å²) in [6.07, 6.45) is 0.228. The zero-order valence-corrected chi connectivity index (χ0v) is 14.3. The van der Waals surface area contributed by atoms with Gasteiger partial charge in [0, 0.05) is 22.0 Å². The minimum Gasteiger partial charge on any atom is -0.299 e. The fourth-order valence-electron chi connectivity index (χ4n) is 1.87. The summed E-state index contributed by atoms with van der Waals surface area (Å²) >= 11 is 24.4. The van der Waals surface area contributed by atoms with Crippen LogP contribution in [-0.4, -0.2) is 8.36 Å². The summed E-state index contributed by atoms with van der Waals surface area (Å²) in [5.41, 5.74) is 1.78. The molecule has 20 heavy (non-hydrogen) atoms. The van der Waals surface area contributed by atoms with Gasteiger partial charge < -0.3 is 0 Å². The maximum Gasteiger partial charge on any atom is 0.307 e. The Labute approximate surface area is 140 Å². The summed E-state index contributed by atoms with van der Waals surface area (Å²) in [5, 5.41) is 0.643. The Balaban J connectivity index is 2.31. The van der Waals surface area contributed by atoms with Crippen LogP contribution in [0.15, 0.2) is 29.1 Å². The lowest BCUT2D eigenvalue weighted by atomic mass is 10.2. The summed E-state index contributed by atoms with van der Waals surface area (Å²) in [4.78, 5) is 12.8. The van der Waals surface area contributed by atoms with Gasteiger partial charge in [0.15, 0.2) is 3.79 Å². The molecule has 2 nitrogen and oxygen atoms in total. The average Bonchev–Trinajstić information content (AvgIpc) is 2.55. The molecular formula is C13H11Cl4NOS. The van der Waals surface area contributed by atoms with E-state index in [4.69, 9.17) is 46.4 Å². The van der Waals surface area contributed by atoms with Crippen LogP contribution in [0.25, 0.3) is 0 Å². The Kier molecular flexibility index (Phi) is 5.09. The van der Waals surface area contributed by atoms with Crippen LogP contribution in [0.2, 0.25) is 5.02 Å². The van der Waals surface area contributed by atoms with E-state index in [1.807, 2.05) is 25.1 Å². The van der Waals surface area contributed by atoms with Gasteiger partial charge >= 0.3 is 4.87 Å². The molecule has 0 aliphatic carbocycles. The van der Waals surface area contributed by atoms with Crippen LogP contribution in [0.3, 0.4) is 0 Å². The first-order valence-corrected chi connectivity index (χ1v) is 8.09. The van der Waals surface area contributed by atoms with Crippen LogP contribution in [0.1, 0.15) is 16.1 Å². The second kappa shape index (κ2) is 6.29. The van der Waals surface area contributed by atoms with Crippen LogP contribution in [0, 0.1) is 6.92 Å². The van der Waals surface area contributed by atoms with Gasteiger partial charge in [0.25, 0.3) is 0 Å². The Morgan fingerprint density at radius 1 is 1.30 bits per heavy atom. The Morgan fingerprint density at radius 2 is 2.00 bits per heavy atom. The van der Waals surface area contributed by atoms with Crippen LogP contribution < -0.4 is 4.87 Å². The number of alkyl halides is 3. The number of aromatic nitrogens is 1. The number of rotatable bonds is 3. The first-order valence-electron chi connectivity index (χ1n) is 5.76. The van der Waals surface area contributed by atoms with E-state index < -0.39 is 3.79 Å². The van der Waals surface area contributed by atoms with Crippen molar-refractivity contribution < 1.29 is 0 Å². The Bertz CT molecular complexity index is 672. The molecule has 0 radical (unpaired) electrons. The van der Waals surface area contributed by atoms with Crippen molar-refractivity contribution in [1.82, 2.24) is 4.57 Å². The molecule has 0 aliphatic heterocycles. The van der Waals surface area contributed by atoms with Crippen molar-refractivity contribution in [2.24, 2.45) is 0 Å². The molecule has 1 aromatic heterocycles. The molecule has 2 rings (SSSR count). The van der Waals surface area contributed by atoms with Gasteiger partial charge in [-0.3, -0.25) is 9.36 Å². The van der Waals surface area contributed by atoms with Crippen molar-refractivity contribution in [1.29, 1.82) is 0 Å². The van der Waals surface area contributed by atoms with Gasteiger partial charge in [-0.15, -0.1) is 0 Å². The minimum atomic E-state index is -1.39. The van der Waals surface area contributed by atoms with Crippen molar-refractivity contribution >= 4 is 57.7 Å². The first kappa shape index (κ1) is 16.2. The lowest BCUT2D eigenvalue weighted by molar-refractivity contribution is 0.746. The molecule has 1 heterocycles. The molecule has 0 fully saturated rings. The molecule has 0 unspecified atom stereocenters. The topological polar surface area (TPSA) is 22.0 Å². The molecule has 0 bridgehead atoms. The molecular weight excluding hydrogens is 360 g/mol. The van der Waals surface area contributed by atoms with E-state index in [-0.39, 0.29) is 11.3 Å². The number of benzene rings is 1. The third-order valence-electron chi connectivity index (χ3n) is 2.83. The standard InChI is InChI=1S/C13H11Cl4NOS/c1-8-11(6-13(15,16)17)20-12(19)18(8)7-9-3-2-4-10(14)5-9/h2-5H,6-7H2,1H3. The van der Waals surface area contributed by atoms with Crippen molar-refractivity contribution in [2.45, 2.75) is 23.7 Å². The molecule has 1 aromatic carbocycles. The molecule has 2 aromatic rings. The van der Waals surface area contributed by atoms with Gasteiger partial charge in [0.05, 0.1) is 6.54 Å². The molecule has 0 N–H and O–H groups in total. The van der Waals surface area contributed by atoms with Gasteiger partial charge in [-0.2, -0.15) is 0 Å². The van der Waals surface area contributed by atoms with E-state index in [1.165, 1.54) is 0 Å². The number of hydrogen-bond acceptors (Lipinski definition) is 2. The minimum absolute atomic E-state index is 0.0632. The molecule has 0 saturated carbocycles. The molecule has 7 heteroatoms. The van der Waals surface area contributed by atoms with E-state index in [0.29, 0.717) is 11.6 Å². The molecule has 0 aliphatic rings. The quantitative estimate of drug-likeness (QED) is 0.709. The van der Waals surface area contributed by atoms with E-state index in [9.17, 15) is 4.79 Å². The second-order valence-corrected chi connectivity index (χ2v) is 8.38. The predicted octanol–water partition coefficient (Wildman–Crippen LogP) is 4.83. The highest BCUT2D eigenvalue weighted by molar-refractivity contribution is 7.09. The van der Waals surface area contributed by atoms with Gasteiger partial charge in [0.1, 0.15) is 0 Å². The highest BCUT2D eigenvalue weighted by atomic mass is 35.6. The predicted molar refractivity (Wildman–Crippen MR) is 87.9 cm³/mol. The van der Waals surface area contributed by atoms with Gasteiger partial charge in [-0.1, -0.05) is 69.9 Å². The number of nitrogens with zero attached hydrogens (tertiary/aromatic N) is 1. The molecule has 0 saturated heterocycles. The molecule has 0 spiro atoms. The maximum atomic E-state index is 12.1. The summed E-state index contributed by atoms with van der Waals surface area (Å²) in [5.74, 6) is 0. The highest BCUT2D eigenvalue weighted by Gasteiger charge is 2.24. The SMILES string of the molecule is Cc1c(CC(Cl)(Cl)Cl)sc(=O)n1Cc1cccc(Cl)c1. The maximum absolute atomic E-state index is 12.1. The normalized spacial score (nSPS) is 11.8. The van der Waals surface area contributed by atoms with E-state index in [1.54, 1.807) is 10.6 Å². The van der Waals surface area contributed by atoms with Crippen LogP contribution in [0.5, 0.6) is 0 Å². The van der Waals surface area contributed by atoms with Gasteiger partial charge in [0.2, 0.25) is 0 Å². The zero-order valence-electron chi connectivity index (χ0n) is 10.5. The number of halogens is 4. The fourth-order valence-corrected chi connectivity index (χ4v) is 3.79. The fraction of sp³-hybridized carbons (Fsp3) is 0.308. The van der Waals surface area contributed by atoms with Crippen molar-refractivity contribution in [3.63, 3.8) is 0 Å². The van der Waals surface area contributed by atoms with E-state index in [0.717, 1.165) is 27.5 Å². The monoisotopic (exact) mass is 369 g/mol. The smallest absolute Gasteiger partial charge is 0.299 e. The van der Waals surface area contributed by atoms with Gasteiger partial charge in [-0.05, 0) is 24.6 Å². The van der Waals surface area contributed by atoms with Crippen molar-refractivity contribution in [3.05, 3.63) is 55.1 Å². The second-order valence-electron chi connectivity index (χ2n) is 4.38. The van der Waals surface area contributed by atoms with Crippen LogP contribution >= 0.6 is 57.7 Å². The third-order valence-corrected chi connectivity index (χ3v) is 4.55. The largest absolute Gasteiger partial charge is 0.307 e. The third kappa shape index (κ3) is 4.15. The van der Waals surface area contributed by atoms with Crippen LogP contribution in [0.4, 0.5) is 0 Å². The summed E-state index contributed by atoms with van der Waals surface area (Å²) < 4.78 is 0.276. The van der Waals surface area contributed by atoms with E-state index >= 15 is 0 Å². The molecule has 0 atom stereocenters. The number of hydrogen-bond donors (Lipinski definition) is 0. The molecule has 108 valence electrons. The Hall–Kier alpha value is -0.190. The average molecular weight is 371 g/mol. The van der Waals surface area contributed by atoms with Crippen molar-refractivity contribution in [2.75, 3.05) is 0 Å². The highest BCUT2D eigenvalue weighted by Crippen LogP contribution is 2.32. The van der Waals surface area contributed by atoms with Gasteiger partial charge in [-0.25, -0.2) is 0 Å². The number of thiazole rings is 1.